The zero-order valence-corrected chi connectivity index (χ0v) is 14.2. The van der Waals surface area contributed by atoms with Gasteiger partial charge in [0.2, 0.25) is 5.91 Å². The Morgan fingerprint density at radius 3 is 2.91 bits per heavy atom. The molecule has 1 amide bonds. The molecular formula is C18H20N2O2S. The number of benzene rings is 1. The lowest BCUT2D eigenvalue weighted by atomic mass is 9.86. The number of hydrogen-bond donors (Lipinski definition) is 1. The largest absolute Gasteiger partial charge is 0.494 e. The van der Waals surface area contributed by atoms with Gasteiger partial charge in [0.05, 0.1) is 23.3 Å². The molecule has 0 fully saturated rings. The van der Waals surface area contributed by atoms with Gasteiger partial charge >= 0.3 is 0 Å². The topological polar surface area (TPSA) is 62.1 Å². The van der Waals surface area contributed by atoms with E-state index in [2.05, 4.69) is 18.0 Å². The molecule has 0 unspecified atom stereocenters. The highest BCUT2D eigenvalue weighted by atomic mass is 32.2. The van der Waals surface area contributed by atoms with Gasteiger partial charge in [-0.05, 0) is 19.9 Å². The van der Waals surface area contributed by atoms with Crippen molar-refractivity contribution in [3.05, 3.63) is 52.6 Å². The summed E-state index contributed by atoms with van der Waals surface area (Å²) in [5.74, 6) is 1.04. The lowest BCUT2D eigenvalue weighted by Gasteiger charge is -2.26. The van der Waals surface area contributed by atoms with E-state index in [9.17, 15) is 10.1 Å². The molecule has 1 aliphatic rings. The van der Waals surface area contributed by atoms with E-state index in [4.69, 9.17) is 4.74 Å². The van der Waals surface area contributed by atoms with Gasteiger partial charge in [-0.25, -0.2) is 0 Å². The number of thioether (sulfide) groups is 1. The minimum Gasteiger partial charge on any atom is -0.494 e. The molecule has 0 radical (unpaired) electrons. The Kier molecular flexibility index (Phi) is 5.89. The van der Waals surface area contributed by atoms with Crippen LogP contribution in [0.4, 0.5) is 0 Å². The molecule has 1 N–H and O–H groups in total. The Morgan fingerprint density at radius 2 is 2.26 bits per heavy atom. The van der Waals surface area contributed by atoms with Crippen LogP contribution in [0.5, 0.6) is 5.75 Å². The van der Waals surface area contributed by atoms with Crippen molar-refractivity contribution in [2.24, 2.45) is 0 Å². The molecular weight excluding hydrogens is 308 g/mol. The number of para-hydroxylation sites is 1. The molecule has 2 rings (SSSR count). The highest BCUT2D eigenvalue weighted by Crippen LogP contribution is 2.39. The van der Waals surface area contributed by atoms with Gasteiger partial charge in [0, 0.05) is 23.7 Å². The number of allylic oxidation sites excluding steroid dienone is 1. The summed E-state index contributed by atoms with van der Waals surface area (Å²) in [6.07, 6.45) is 0.254. The van der Waals surface area contributed by atoms with E-state index in [1.54, 1.807) is 0 Å². The summed E-state index contributed by atoms with van der Waals surface area (Å²) in [6, 6.07) is 9.87. The van der Waals surface area contributed by atoms with Crippen molar-refractivity contribution in [3.8, 4) is 11.8 Å². The summed E-state index contributed by atoms with van der Waals surface area (Å²) in [5, 5.41) is 13.1. The van der Waals surface area contributed by atoms with Gasteiger partial charge in [-0.3, -0.25) is 4.79 Å². The molecule has 1 heterocycles. The van der Waals surface area contributed by atoms with E-state index >= 15 is 0 Å². The van der Waals surface area contributed by atoms with E-state index in [1.807, 2.05) is 38.1 Å². The van der Waals surface area contributed by atoms with Crippen LogP contribution in [0.15, 0.2) is 47.0 Å². The van der Waals surface area contributed by atoms with Crippen molar-refractivity contribution in [2.45, 2.75) is 26.2 Å². The number of rotatable bonds is 6. The summed E-state index contributed by atoms with van der Waals surface area (Å²) in [5.41, 5.74) is 2.46. The molecule has 0 saturated heterocycles. The van der Waals surface area contributed by atoms with Crippen molar-refractivity contribution in [2.75, 3.05) is 12.4 Å². The van der Waals surface area contributed by atoms with Gasteiger partial charge in [0.25, 0.3) is 0 Å². The van der Waals surface area contributed by atoms with Crippen LogP contribution in [0.3, 0.4) is 0 Å². The fourth-order valence-electron chi connectivity index (χ4n) is 2.45. The number of carbonyl (C=O) groups excluding carboxylic acids is 1. The SMILES string of the molecule is C=C(C)CSC1=C(C#N)[C@@H](c2ccccc2OCC)CC(=O)N1. The molecule has 0 aliphatic carbocycles. The van der Waals surface area contributed by atoms with Crippen LogP contribution in [0, 0.1) is 11.3 Å². The predicted molar refractivity (Wildman–Crippen MR) is 93.0 cm³/mol. The quantitative estimate of drug-likeness (QED) is 0.808. The second kappa shape index (κ2) is 7.89. The molecule has 120 valence electrons. The number of hydrogen-bond acceptors (Lipinski definition) is 4. The number of carbonyl (C=O) groups is 1. The first kappa shape index (κ1) is 17.2. The predicted octanol–water partition coefficient (Wildman–Crippen LogP) is 3.73. The highest BCUT2D eigenvalue weighted by molar-refractivity contribution is 8.03. The average molecular weight is 328 g/mol. The first-order valence-electron chi connectivity index (χ1n) is 7.49. The summed E-state index contributed by atoms with van der Waals surface area (Å²) in [7, 11) is 0. The molecule has 5 heteroatoms. The molecule has 0 aromatic heterocycles. The van der Waals surface area contributed by atoms with Crippen LogP contribution < -0.4 is 10.1 Å². The zero-order valence-electron chi connectivity index (χ0n) is 13.4. The summed E-state index contributed by atoms with van der Waals surface area (Å²) in [6.45, 7) is 8.25. The maximum atomic E-state index is 12.1. The molecule has 23 heavy (non-hydrogen) atoms. The lowest BCUT2D eigenvalue weighted by Crippen LogP contribution is -2.31. The smallest absolute Gasteiger partial charge is 0.225 e. The molecule has 1 aromatic carbocycles. The van der Waals surface area contributed by atoms with E-state index in [0.29, 0.717) is 23.0 Å². The maximum Gasteiger partial charge on any atom is 0.225 e. The third-order valence-electron chi connectivity index (χ3n) is 3.41. The first-order chi connectivity index (χ1) is 11.1. The number of amides is 1. The van der Waals surface area contributed by atoms with E-state index < -0.39 is 0 Å². The Balaban J connectivity index is 2.43. The fourth-order valence-corrected chi connectivity index (χ4v) is 3.37. The lowest BCUT2D eigenvalue weighted by molar-refractivity contribution is -0.120. The Morgan fingerprint density at radius 1 is 1.52 bits per heavy atom. The standard InChI is InChI=1S/C18H20N2O2S/c1-4-22-16-8-6-5-7-13(16)14-9-17(21)20-18(15(14)10-19)23-11-12(2)3/h5-8,14H,2,4,9,11H2,1,3H3,(H,20,21)/t14-/m1/s1. The third kappa shape index (κ3) is 4.17. The number of nitrogens with zero attached hydrogens (tertiary/aromatic N) is 1. The van der Waals surface area contributed by atoms with Gasteiger partial charge in [-0.2, -0.15) is 5.26 Å². The van der Waals surface area contributed by atoms with Crippen molar-refractivity contribution in [1.82, 2.24) is 5.32 Å². The van der Waals surface area contributed by atoms with Gasteiger partial charge in [-0.15, -0.1) is 11.8 Å². The monoisotopic (exact) mass is 328 g/mol. The Labute approximate surface area is 141 Å². The molecule has 4 nitrogen and oxygen atoms in total. The highest BCUT2D eigenvalue weighted by Gasteiger charge is 2.31. The zero-order chi connectivity index (χ0) is 16.8. The van der Waals surface area contributed by atoms with Crippen LogP contribution in [-0.2, 0) is 4.79 Å². The van der Waals surface area contributed by atoms with Crippen LogP contribution in [0.2, 0.25) is 0 Å². The van der Waals surface area contributed by atoms with E-state index in [1.165, 1.54) is 11.8 Å². The minimum atomic E-state index is -0.274. The maximum absolute atomic E-state index is 12.1. The van der Waals surface area contributed by atoms with Crippen LogP contribution in [0.1, 0.15) is 31.7 Å². The van der Waals surface area contributed by atoms with Gasteiger partial charge < -0.3 is 10.1 Å². The molecule has 0 spiro atoms. The summed E-state index contributed by atoms with van der Waals surface area (Å²) >= 11 is 1.44. The molecule has 0 saturated carbocycles. The Hall–Kier alpha value is -2.19. The number of nitrogens with one attached hydrogen (secondary N) is 1. The molecule has 0 bridgehead atoms. The molecule has 1 atom stereocenters. The number of ether oxygens (including phenoxy) is 1. The van der Waals surface area contributed by atoms with Crippen molar-refractivity contribution >= 4 is 17.7 Å². The molecule has 1 aliphatic heterocycles. The van der Waals surface area contributed by atoms with Crippen LogP contribution in [-0.4, -0.2) is 18.3 Å². The Bertz CT molecular complexity index is 689. The van der Waals surface area contributed by atoms with Gasteiger partial charge in [-0.1, -0.05) is 30.4 Å². The van der Waals surface area contributed by atoms with Crippen LogP contribution >= 0.6 is 11.8 Å². The van der Waals surface area contributed by atoms with Crippen LogP contribution in [0.25, 0.3) is 0 Å². The van der Waals surface area contributed by atoms with Crippen molar-refractivity contribution in [1.29, 1.82) is 5.26 Å². The first-order valence-corrected chi connectivity index (χ1v) is 8.48. The van der Waals surface area contributed by atoms with E-state index in [0.717, 1.165) is 16.9 Å². The van der Waals surface area contributed by atoms with Crippen molar-refractivity contribution < 1.29 is 9.53 Å². The second-order valence-electron chi connectivity index (χ2n) is 5.38. The normalized spacial score (nSPS) is 17.4. The summed E-state index contributed by atoms with van der Waals surface area (Å²) < 4.78 is 5.67. The second-order valence-corrected chi connectivity index (χ2v) is 6.36. The van der Waals surface area contributed by atoms with E-state index in [-0.39, 0.29) is 18.2 Å². The third-order valence-corrected chi connectivity index (χ3v) is 4.66. The van der Waals surface area contributed by atoms with Crippen molar-refractivity contribution in [3.63, 3.8) is 0 Å². The average Bonchev–Trinajstić information content (AvgIpc) is 2.53. The summed E-state index contributed by atoms with van der Waals surface area (Å²) in [4.78, 5) is 12.1. The fraction of sp³-hybridized carbons (Fsp3) is 0.333. The number of nitriles is 1. The van der Waals surface area contributed by atoms with Gasteiger partial charge in [0.15, 0.2) is 0 Å². The minimum absolute atomic E-state index is 0.0792. The molecule has 1 aromatic rings. The van der Waals surface area contributed by atoms with Gasteiger partial charge in [0.1, 0.15) is 5.75 Å².